The van der Waals surface area contributed by atoms with Crippen molar-refractivity contribution in [3.63, 3.8) is 0 Å². The van der Waals surface area contributed by atoms with Crippen molar-refractivity contribution in [2.45, 2.75) is 30.6 Å². The molecule has 1 aromatic rings. The maximum Gasteiger partial charge on any atom is 0.335 e. The van der Waals surface area contributed by atoms with E-state index in [-0.39, 0.29) is 12.0 Å². The Morgan fingerprint density at radius 2 is 1.89 bits per heavy atom. The molecule has 1 rings (SSSR count). The van der Waals surface area contributed by atoms with Crippen molar-refractivity contribution in [3.05, 3.63) is 29.6 Å². The molecule has 2 N–H and O–H groups in total. The normalized spacial score (nSPS) is 10.4. The molecule has 0 amide bonds. The fraction of sp³-hybridized carbons (Fsp3) is 0.385. The molecule has 0 aliphatic carbocycles. The molecule has 104 valence electrons. The molecule has 4 nitrogen and oxygen atoms in total. The maximum atomic E-state index is 13.4. The van der Waals surface area contributed by atoms with Crippen LogP contribution >= 0.6 is 11.8 Å². The molecule has 6 heteroatoms. The van der Waals surface area contributed by atoms with Crippen LogP contribution in [-0.4, -0.2) is 27.9 Å². The van der Waals surface area contributed by atoms with Gasteiger partial charge in [0.2, 0.25) is 0 Å². The smallest absolute Gasteiger partial charge is 0.335 e. The van der Waals surface area contributed by atoms with Crippen molar-refractivity contribution < 1.29 is 24.2 Å². The van der Waals surface area contributed by atoms with Gasteiger partial charge in [-0.1, -0.05) is 6.42 Å². The van der Waals surface area contributed by atoms with Gasteiger partial charge in [0.1, 0.15) is 5.82 Å². The third-order valence-electron chi connectivity index (χ3n) is 2.47. The Hall–Kier alpha value is -1.56. The van der Waals surface area contributed by atoms with Gasteiger partial charge in [-0.25, -0.2) is 9.18 Å². The Morgan fingerprint density at radius 3 is 2.53 bits per heavy atom. The summed E-state index contributed by atoms with van der Waals surface area (Å²) in [5.41, 5.74) is 0.0646. The summed E-state index contributed by atoms with van der Waals surface area (Å²) in [4.78, 5) is 21.4. The van der Waals surface area contributed by atoms with Crippen molar-refractivity contribution >= 4 is 23.7 Å². The van der Waals surface area contributed by atoms with E-state index in [9.17, 15) is 14.0 Å². The molecule has 0 bridgehead atoms. The Labute approximate surface area is 114 Å². The molecule has 0 spiro atoms. The van der Waals surface area contributed by atoms with Gasteiger partial charge in [0.25, 0.3) is 0 Å². The third-order valence-corrected chi connectivity index (χ3v) is 3.59. The van der Waals surface area contributed by atoms with Crippen molar-refractivity contribution in [3.8, 4) is 0 Å². The van der Waals surface area contributed by atoms with Crippen molar-refractivity contribution in [1.82, 2.24) is 0 Å². The zero-order valence-corrected chi connectivity index (χ0v) is 11.1. The molecule has 0 unspecified atom stereocenters. The number of rotatable bonds is 8. The van der Waals surface area contributed by atoms with Gasteiger partial charge < -0.3 is 10.2 Å². The number of carbonyl (C=O) groups is 2. The Morgan fingerprint density at radius 1 is 1.16 bits per heavy atom. The van der Waals surface area contributed by atoms with E-state index in [2.05, 4.69) is 0 Å². The standard InChI is InChI=1S/C13H15FO4S/c14-10-6-5-9(13(17)18)8-11(10)19-7-3-1-2-4-12(15)16/h5-6,8H,1-4,7H2,(H,15,16)(H,17,18). The zero-order chi connectivity index (χ0) is 14.3. The van der Waals surface area contributed by atoms with E-state index in [0.717, 1.165) is 18.9 Å². The summed E-state index contributed by atoms with van der Waals surface area (Å²) in [5.74, 6) is -1.68. The van der Waals surface area contributed by atoms with E-state index in [4.69, 9.17) is 10.2 Å². The topological polar surface area (TPSA) is 74.6 Å². The summed E-state index contributed by atoms with van der Waals surface area (Å²) in [6.45, 7) is 0. The zero-order valence-electron chi connectivity index (χ0n) is 10.3. The van der Waals surface area contributed by atoms with E-state index in [1.54, 1.807) is 0 Å². The molecule has 0 atom stereocenters. The molecule has 0 fully saturated rings. The van der Waals surface area contributed by atoms with Gasteiger partial charge in [-0.05, 0) is 36.8 Å². The molecular weight excluding hydrogens is 271 g/mol. The number of hydrogen-bond donors (Lipinski definition) is 2. The SMILES string of the molecule is O=C(O)CCCCCSc1cc(C(=O)O)ccc1F. The number of hydrogen-bond acceptors (Lipinski definition) is 3. The quantitative estimate of drug-likeness (QED) is 0.566. The molecule has 0 aliphatic rings. The van der Waals surface area contributed by atoms with Crippen LogP contribution in [-0.2, 0) is 4.79 Å². The largest absolute Gasteiger partial charge is 0.481 e. The number of aromatic carboxylic acids is 1. The minimum Gasteiger partial charge on any atom is -0.481 e. The fourth-order valence-corrected chi connectivity index (χ4v) is 2.47. The highest BCUT2D eigenvalue weighted by atomic mass is 32.2. The predicted octanol–water partition coefficient (Wildman–Crippen LogP) is 3.26. The minimum absolute atomic E-state index is 0.0646. The second kappa shape index (κ2) is 7.78. The first-order chi connectivity index (χ1) is 9.00. The first kappa shape index (κ1) is 15.5. The van der Waals surface area contributed by atoms with Gasteiger partial charge >= 0.3 is 11.9 Å². The molecule has 0 heterocycles. The van der Waals surface area contributed by atoms with Crippen LogP contribution in [0.3, 0.4) is 0 Å². The lowest BCUT2D eigenvalue weighted by molar-refractivity contribution is -0.137. The summed E-state index contributed by atoms with van der Waals surface area (Å²) in [6.07, 6.45) is 2.29. The number of aliphatic carboxylic acids is 1. The third kappa shape index (κ3) is 5.74. The summed E-state index contributed by atoms with van der Waals surface area (Å²) < 4.78 is 13.4. The second-order valence-corrected chi connectivity index (χ2v) is 5.14. The van der Waals surface area contributed by atoms with Crippen LogP contribution in [0.15, 0.2) is 23.1 Å². The Balaban J connectivity index is 2.38. The highest BCUT2D eigenvalue weighted by molar-refractivity contribution is 7.99. The number of benzene rings is 1. The Bertz CT molecular complexity index is 462. The van der Waals surface area contributed by atoms with Gasteiger partial charge in [-0.15, -0.1) is 11.8 Å². The molecule has 1 aromatic carbocycles. The summed E-state index contributed by atoms with van der Waals surface area (Å²) in [7, 11) is 0. The average molecular weight is 286 g/mol. The first-order valence-electron chi connectivity index (χ1n) is 5.88. The number of unbranched alkanes of at least 4 members (excludes halogenated alkanes) is 2. The molecular formula is C13H15FO4S. The molecule has 0 aliphatic heterocycles. The molecule has 0 saturated carbocycles. The molecule has 19 heavy (non-hydrogen) atoms. The van der Waals surface area contributed by atoms with Crippen molar-refractivity contribution in [2.24, 2.45) is 0 Å². The summed E-state index contributed by atoms with van der Waals surface area (Å²) in [5, 5.41) is 17.3. The van der Waals surface area contributed by atoms with Crippen LogP contribution in [0.25, 0.3) is 0 Å². The number of halogens is 1. The lowest BCUT2D eigenvalue weighted by Gasteiger charge is -2.04. The number of carboxylic acid groups (broad SMARTS) is 2. The van der Waals surface area contributed by atoms with Crippen LogP contribution in [0.1, 0.15) is 36.0 Å². The van der Waals surface area contributed by atoms with Crippen molar-refractivity contribution in [2.75, 3.05) is 5.75 Å². The highest BCUT2D eigenvalue weighted by Crippen LogP contribution is 2.24. The van der Waals surface area contributed by atoms with E-state index in [0.29, 0.717) is 17.1 Å². The predicted molar refractivity (Wildman–Crippen MR) is 70.2 cm³/mol. The molecule has 0 saturated heterocycles. The van der Waals surface area contributed by atoms with Gasteiger partial charge in [0.15, 0.2) is 0 Å². The van der Waals surface area contributed by atoms with E-state index >= 15 is 0 Å². The highest BCUT2D eigenvalue weighted by Gasteiger charge is 2.08. The van der Waals surface area contributed by atoms with Crippen molar-refractivity contribution in [1.29, 1.82) is 0 Å². The summed E-state index contributed by atoms with van der Waals surface area (Å²) in [6, 6.07) is 3.70. The van der Waals surface area contributed by atoms with Gasteiger partial charge in [-0.3, -0.25) is 4.79 Å². The Kier molecular flexibility index (Phi) is 6.35. The second-order valence-electron chi connectivity index (χ2n) is 4.00. The summed E-state index contributed by atoms with van der Waals surface area (Å²) >= 11 is 1.25. The number of carboxylic acids is 2. The first-order valence-corrected chi connectivity index (χ1v) is 6.86. The fourth-order valence-electron chi connectivity index (χ4n) is 1.48. The van der Waals surface area contributed by atoms with Gasteiger partial charge in [-0.2, -0.15) is 0 Å². The molecule has 0 radical (unpaired) electrons. The van der Waals surface area contributed by atoms with Gasteiger partial charge in [0, 0.05) is 11.3 Å². The van der Waals surface area contributed by atoms with Crippen LogP contribution in [0.2, 0.25) is 0 Å². The van der Waals surface area contributed by atoms with Crippen LogP contribution < -0.4 is 0 Å². The lowest BCUT2D eigenvalue weighted by Crippen LogP contribution is -1.97. The van der Waals surface area contributed by atoms with Gasteiger partial charge in [0.05, 0.1) is 5.56 Å². The number of thioether (sulfide) groups is 1. The minimum atomic E-state index is -1.08. The monoisotopic (exact) mass is 286 g/mol. The lowest BCUT2D eigenvalue weighted by atomic mass is 10.2. The van der Waals surface area contributed by atoms with Crippen LogP contribution in [0, 0.1) is 5.82 Å². The van der Waals surface area contributed by atoms with E-state index in [1.165, 1.54) is 23.9 Å². The average Bonchev–Trinajstić information content (AvgIpc) is 2.34. The van der Waals surface area contributed by atoms with E-state index < -0.39 is 17.8 Å². The molecule has 0 aromatic heterocycles. The maximum absolute atomic E-state index is 13.4. The van der Waals surface area contributed by atoms with Crippen LogP contribution in [0.5, 0.6) is 0 Å². The van der Waals surface area contributed by atoms with E-state index in [1.807, 2.05) is 0 Å². The van der Waals surface area contributed by atoms with Crippen LogP contribution in [0.4, 0.5) is 4.39 Å².